The van der Waals surface area contributed by atoms with Gasteiger partial charge in [0.25, 0.3) is 0 Å². The molecule has 0 aliphatic heterocycles. The van der Waals surface area contributed by atoms with E-state index in [-0.39, 0.29) is 12.4 Å². The number of hydrogen-bond donors (Lipinski definition) is 0. The summed E-state index contributed by atoms with van der Waals surface area (Å²) < 4.78 is 17.4. The Morgan fingerprint density at radius 1 is 1.64 bits per heavy atom. The van der Waals surface area contributed by atoms with Crippen LogP contribution in [-0.4, -0.2) is 6.61 Å². The van der Waals surface area contributed by atoms with E-state index in [9.17, 15) is 4.39 Å². The molecule has 1 aromatic rings. The molecule has 0 fully saturated rings. The van der Waals surface area contributed by atoms with Crippen LogP contribution in [0.5, 0.6) is 5.75 Å². The monoisotopic (exact) mass is 149 g/mol. The molecule has 1 nitrogen and oxygen atoms in total. The highest BCUT2D eigenvalue weighted by atomic mass is 19.1. The van der Waals surface area contributed by atoms with Gasteiger partial charge in [0.15, 0.2) is 0 Å². The Hall–Kier alpha value is -1.49. The van der Waals surface area contributed by atoms with E-state index >= 15 is 0 Å². The Morgan fingerprint density at radius 2 is 2.45 bits per heavy atom. The maximum atomic E-state index is 12.4. The summed E-state index contributed by atoms with van der Waals surface area (Å²) in [4.78, 5) is 0. The first-order valence-corrected chi connectivity index (χ1v) is 3.06. The minimum Gasteiger partial charge on any atom is -0.481 e. The van der Waals surface area contributed by atoms with Gasteiger partial charge in [0.2, 0.25) is 0 Å². The molecule has 0 atom stereocenters. The molecule has 0 unspecified atom stereocenters. The summed E-state index contributed by atoms with van der Waals surface area (Å²) in [5.41, 5.74) is 0. The van der Waals surface area contributed by atoms with Gasteiger partial charge in [-0.2, -0.15) is 0 Å². The van der Waals surface area contributed by atoms with Crippen LogP contribution in [0.4, 0.5) is 4.39 Å². The van der Waals surface area contributed by atoms with Crippen molar-refractivity contribution in [2.75, 3.05) is 6.61 Å². The maximum Gasteiger partial charge on any atom is 0.148 e. The smallest absolute Gasteiger partial charge is 0.148 e. The highest BCUT2D eigenvalue weighted by Gasteiger charge is 1.93. The average Bonchev–Trinajstić information content (AvgIpc) is 2.01. The standard InChI is InChI=1S/C9H6FO/c1-2-6-11-9-5-3-4-8(10)7-9/h1,4-5,7H,6H2. The summed E-state index contributed by atoms with van der Waals surface area (Å²) in [6.45, 7) is 0.150. The van der Waals surface area contributed by atoms with E-state index in [0.717, 1.165) is 0 Å². The van der Waals surface area contributed by atoms with Crippen LogP contribution in [0, 0.1) is 24.2 Å². The second kappa shape index (κ2) is 3.62. The zero-order valence-corrected chi connectivity index (χ0v) is 5.80. The van der Waals surface area contributed by atoms with Crippen molar-refractivity contribution < 1.29 is 9.13 Å². The zero-order valence-electron chi connectivity index (χ0n) is 5.80. The van der Waals surface area contributed by atoms with Gasteiger partial charge in [0.1, 0.15) is 18.2 Å². The van der Waals surface area contributed by atoms with Crippen molar-refractivity contribution in [3.8, 4) is 18.1 Å². The van der Waals surface area contributed by atoms with Crippen molar-refractivity contribution in [3.63, 3.8) is 0 Å². The minimum absolute atomic E-state index is 0.150. The SMILES string of the molecule is C#CCOc1c[c]cc(F)c1. The van der Waals surface area contributed by atoms with Crippen molar-refractivity contribution in [2.24, 2.45) is 0 Å². The van der Waals surface area contributed by atoms with Gasteiger partial charge in [0.05, 0.1) is 0 Å². The number of hydrogen-bond acceptors (Lipinski definition) is 1. The molecule has 0 saturated carbocycles. The quantitative estimate of drug-likeness (QED) is 0.581. The van der Waals surface area contributed by atoms with Crippen LogP contribution in [0.25, 0.3) is 0 Å². The van der Waals surface area contributed by atoms with E-state index in [2.05, 4.69) is 12.0 Å². The minimum atomic E-state index is -0.375. The molecule has 0 spiro atoms. The molecule has 1 radical (unpaired) electrons. The average molecular weight is 149 g/mol. The summed E-state index contributed by atoms with van der Waals surface area (Å²) in [5, 5.41) is 0. The molecule has 0 saturated heterocycles. The number of ether oxygens (including phenoxy) is 1. The zero-order chi connectivity index (χ0) is 8.10. The van der Waals surface area contributed by atoms with Gasteiger partial charge < -0.3 is 4.74 Å². The molecule has 0 aliphatic carbocycles. The first-order chi connectivity index (χ1) is 5.33. The molecule has 0 aliphatic rings. The molecule has 0 amide bonds. The Kier molecular flexibility index (Phi) is 2.51. The van der Waals surface area contributed by atoms with Crippen LogP contribution in [0.3, 0.4) is 0 Å². The third kappa shape index (κ3) is 2.30. The van der Waals surface area contributed by atoms with E-state index in [1.54, 1.807) is 0 Å². The molecule has 11 heavy (non-hydrogen) atoms. The van der Waals surface area contributed by atoms with Gasteiger partial charge in [-0.15, -0.1) is 6.42 Å². The van der Waals surface area contributed by atoms with Crippen LogP contribution in [-0.2, 0) is 0 Å². The molecule has 1 rings (SSSR count). The van der Waals surface area contributed by atoms with Crippen LogP contribution >= 0.6 is 0 Å². The molecule has 0 bridgehead atoms. The van der Waals surface area contributed by atoms with Gasteiger partial charge in [-0.3, -0.25) is 0 Å². The van der Waals surface area contributed by atoms with Gasteiger partial charge in [-0.25, -0.2) is 4.39 Å². The fraction of sp³-hybridized carbons (Fsp3) is 0.111. The summed E-state index contributed by atoms with van der Waals surface area (Å²) in [6.07, 6.45) is 4.94. The number of terminal acetylenes is 1. The van der Waals surface area contributed by atoms with E-state index in [1.807, 2.05) is 0 Å². The molecule has 1 aromatic carbocycles. The number of halogens is 1. The van der Waals surface area contributed by atoms with Crippen molar-refractivity contribution in [1.82, 2.24) is 0 Å². The lowest BCUT2D eigenvalue weighted by molar-refractivity contribution is 0.368. The van der Waals surface area contributed by atoms with Gasteiger partial charge >= 0.3 is 0 Å². The molecule has 0 heterocycles. The van der Waals surface area contributed by atoms with Gasteiger partial charge in [-0.05, 0) is 18.2 Å². The largest absolute Gasteiger partial charge is 0.481 e. The summed E-state index contributed by atoms with van der Waals surface area (Å²) >= 11 is 0. The summed E-state index contributed by atoms with van der Waals surface area (Å²) in [6, 6.07) is 6.58. The highest BCUT2D eigenvalue weighted by Crippen LogP contribution is 2.10. The Morgan fingerprint density at radius 3 is 3.09 bits per heavy atom. The van der Waals surface area contributed by atoms with Crippen molar-refractivity contribution in [2.45, 2.75) is 0 Å². The van der Waals surface area contributed by atoms with E-state index in [0.29, 0.717) is 5.75 Å². The predicted octanol–water partition coefficient (Wildman–Crippen LogP) is 1.64. The van der Waals surface area contributed by atoms with Gasteiger partial charge in [-0.1, -0.05) is 5.92 Å². The third-order valence-electron chi connectivity index (χ3n) is 1.05. The number of benzene rings is 1. The first-order valence-electron chi connectivity index (χ1n) is 3.06. The fourth-order valence-electron chi connectivity index (χ4n) is 0.631. The third-order valence-corrected chi connectivity index (χ3v) is 1.05. The second-order valence-electron chi connectivity index (χ2n) is 1.88. The Labute approximate surface area is 64.8 Å². The Balaban J connectivity index is 2.65. The molecule has 55 valence electrons. The van der Waals surface area contributed by atoms with E-state index < -0.39 is 0 Å². The molecule has 2 heteroatoms. The molecule has 0 N–H and O–H groups in total. The maximum absolute atomic E-state index is 12.4. The summed E-state index contributed by atoms with van der Waals surface area (Å²) in [5.74, 6) is 2.31. The Bertz CT molecular complexity index is 275. The van der Waals surface area contributed by atoms with Crippen molar-refractivity contribution in [1.29, 1.82) is 0 Å². The van der Waals surface area contributed by atoms with Crippen LogP contribution in [0.15, 0.2) is 18.2 Å². The lowest BCUT2D eigenvalue weighted by Crippen LogP contribution is -1.93. The van der Waals surface area contributed by atoms with Crippen LogP contribution < -0.4 is 4.74 Å². The van der Waals surface area contributed by atoms with E-state index in [1.165, 1.54) is 18.2 Å². The van der Waals surface area contributed by atoms with Gasteiger partial charge in [0, 0.05) is 6.07 Å². The lowest BCUT2D eigenvalue weighted by atomic mass is 10.3. The normalized spacial score (nSPS) is 8.73. The van der Waals surface area contributed by atoms with E-state index in [4.69, 9.17) is 11.2 Å². The van der Waals surface area contributed by atoms with Crippen LogP contribution in [0.2, 0.25) is 0 Å². The molecular formula is C9H6FO. The first kappa shape index (κ1) is 7.62. The topological polar surface area (TPSA) is 9.23 Å². The molecule has 0 aromatic heterocycles. The lowest BCUT2D eigenvalue weighted by Gasteiger charge is -1.99. The van der Waals surface area contributed by atoms with Crippen molar-refractivity contribution in [3.05, 3.63) is 30.1 Å². The molecular weight excluding hydrogens is 143 g/mol. The predicted molar refractivity (Wildman–Crippen MR) is 39.6 cm³/mol. The highest BCUT2D eigenvalue weighted by molar-refractivity contribution is 5.21. The fourth-order valence-corrected chi connectivity index (χ4v) is 0.631. The van der Waals surface area contributed by atoms with Crippen LogP contribution in [0.1, 0.15) is 0 Å². The summed E-state index contributed by atoms with van der Waals surface area (Å²) in [7, 11) is 0. The number of rotatable bonds is 2. The van der Waals surface area contributed by atoms with Crippen molar-refractivity contribution >= 4 is 0 Å². The second-order valence-corrected chi connectivity index (χ2v) is 1.88.